The molecule has 9 heteroatoms. The van der Waals surface area contributed by atoms with Crippen molar-refractivity contribution < 1.29 is 14.4 Å². The van der Waals surface area contributed by atoms with E-state index in [1.54, 1.807) is 12.1 Å². The molecule has 1 aliphatic heterocycles. The molecule has 0 bridgehead atoms. The van der Waals surface area contributed by atoms with Crippen LogP contribution in [0.15, 0.2) is 18.2 Å². The highest BCUT2D eigenvalue weighted by atomic mass is 35.5. The summed E-state index contributed by atoms with van der Waals surface area (Å²) in [5.41, 5.74) is 0.491. The first-order valence-electron chi connectivity index (χ1n) is 5.94. The van der Waals surface area contributed by atoms with Crippen molar-refractivity contribution >= 4 is 57.8 Å². The number of thioether (sulfide) groups is 1. The molecule has 2 N–H and O–H groups in total. The molecular formula is C12H11Cl2N3O3S. The van der Waals surface area contributed by atoms with E-state index in [0.717, 1.165) is 16.7 Å². The van der Waals surface area contributed by atoms with E-state index in [1.807, 2.05) is 0 Å². The zero-order valence-corrected chi connectivity index (χ0v) is 13.0. The van der Waals surface area contributed by atoms with Crippen molar-refractivity contribution in [3.05, 3.63) is 28.2 Å². The van der Waals surface area contributed by atoms with E-state index < -0.39 is 6.03 Å². The van der Waals surface area contributed by atoms with Crippen molar-refractivity contribution in [1.29, 1.82) is 0 Å². The van der Waals surface area contributed by atoms with Gasteiger partial charge >= 0.3 is 6.03 Å². The van der Waals surface area contributed by atoms with E-state index in [2.05, 4.69) is 10.6 Å². The second-order valence-electron chi connectivity index (χ2n) is 4.11. The molecule has 4 amide bonds. The topological polar surface area (TPSA) is 78.5 Å². The Morgan fingerprint density at radius 1 is 1.29 bits per heavy atom. The minimum Gasteiger partial charge on any atom is -0.336 e. The van der Waals surface area contributed by atoms with Crippen LogP contribution in [0.25, 0.3) is 0 Å². The van der Waals surface area contributed by atoms with Gasteiger partial charge < -0.3 is 10.6 Å². The number of hydrogen-bond donors (Lipinski definition) is 2. The van der Waals surface area contributed by atoms with Crippen LogP contribution in [0.4, 0.5) is 15.3 Å². The van der Waals surface area contributed by atoms with Crippen molar-refractivity contribution in [3.63, 3.8) is 0 Å². The van der Waals surface area contributed by atoms with Gasteiger partial charge in [-0.1, -0.05) is 35.0 Å². The lowest BCUT2D eigenvalue weighted by atomic mass is 10.3. The second-order valence-corrected chi connectivity index (χ2v) is 5.85. The van der Waals surface area contributed by atoms with Crippen LogP contribution in [-0.4, -0.2) is 40.9 Å². The molecular weight excluding hydrogens is 337 g/mol. The number of amides is 4. The lowest BCUT2D eigenvalue weighted by Crippen LogP contribution is -2.39. The van der Waals surface area contributed by atoms with Gasteiger partial charge in [-0.2, -0.15) is 0 Å². The zero-order chi connectivity index (χ0) is 15.4. The number of nitrogens with zero attached hydrogens (tertiary/aromatic N) is 1. The number of urea groups is 1. The van der Waals surface area contributed by atoms with E-state index in [0.29, 0.717) is 15.7 Å². The number of rotatable bonds is 4. The summed E-state index contributed by atoms with van der Waals surface area (Å²) in [6, 6.07) is 4.24. The molecule has 1 aromatic rings. The second kappa shape index (κ2) is 7.02. The Labute approximate surface area is 135 Å². The standard InChI is InChI=1S/C12H11Cl2N3O3S/c13-8-2-1-7(5-9(8)14)16-11(19)15-3-4-17-10(18)6-21-12(17)20/h1-2,5H,3-4,6H2,(H2,15,16,19). The Morgan fingerprint density at radius 3 is 2.67 bits per heavy atom. The average Bonchev–Trinajstić information content (AvgIpc) is 2.74. The van der Waals surface area contributed by atoms with Crippen LogP contribution in [0.5, 0.6) is 0 Å². The highest BCUT2D eigenvalue weighted by Gasteiger charge is 2.29. The van der Waals surface area contributed by atoms with E-state index in [1.165, 1.54) is 6.07 Å². The fourth-order valence-corrected chi connectivity index (χ4v) is 2.68. The molecule has 0 spiro atoms. The lowest BCUT2D eigenvalue weighted by molar-refractivity contribution is -0.124. The molecule has 6 nitrogen and oxygen atoms in total. The van der Waals surface area contributed by atoms with Crippen molar-refractivity contribution in [2.24, 2.45) is 0 Å². The number of carbonyl (C=O) groups excluding carboxylic acids is 3. The molecule has 1 aromatic carbocycles. The largest absolute Gasteiger partial charge is 0.336 e. The van der Waals surface area contributed by atoms with Crippen molar-refractivity contribution in [1.82, 2.24) is 10.2 Å². The summed E-state index contributed by atoms with van der Waals surface area (Å²) in [6.45, 7) is 0.324. The van der Waals surface area contributed by atoms with Crippen LogP contribution >= 0.6 is 35.0 Å². The molecule has 0 unspecified atom stereocenters. The van der Waals surface area contributed by atoms with Crippen molar-refractivity contribution in [2.75, 3.05) is 24.2 Å². The molecule has 2 rings (SSSR count). The van der Waals surface area contributed by atoms with Gasteiger partial charge in [-0.25, -0.2) is 4.79 Å². The fraction of sp³-hybridized carbons (Fsp3) is 0.250. The minimum atomic E-state index is -0.458. The Hall–Kier alpha value is -1.44. The molecule has 0 atom stereocenters. The maximum absolute atomic E-state index is 11.7. The highest BCUT2D eigenvalue weighted by Crippen LogP contribution is 2.24. The zero-order valence-electron chi connectivity index (χ0n) is 10.7. The van der Waals surface area contributed by atoms with Gasteiger partial charge in [0, 0.05) is 18.8 Å². The van der Waals surface area contributed by atoms with Gasteiger partial charge in [0.2, 0.25) is 5.91 Å². The first-order chi connectivity index (χ1) is 9.97. The molecule has 0 aliphatic carbocycles. The summed E-state index contributed by atoms with van der Waals surface area (Å²) in [5.74, 6) is -0.0782. The first-order valence-corrected chi connectivity index (χ1v) is 7.68. The number of hydrogen-bond acceptors (Lipinski definition) is 4. The fourth-order valence-electron chi connectivity index (χ4n) is 1.63. The molecule has 1 heterocycles. The summed E-state index contributed by atoms with van der Waals surface area (Å²) in [5, 5.41) is 5.57. The van der Waals surface area contributed by atoms with E-state index in [4.69, 9.17) is 23.2 Å². The van der Waals surface area contributed by atoms with Crippen LogP contribution in [-0.2, 0) is 4.79 Å². The molecule has 1 saturated heterocycles. The number of nitrogens with one attached hydrogen (secondary N) is 2. The monoisotopic (exact) mass is 347 g/mol. The summed E-state index contributed by atoms with van der Waals surface area (Å²) >= 11 is 12.6. The molecule has 0 saturated carbocycles. The van der Waals surface area contributed by atoms with Crippen molar-refractivity contribution in [2.45, 2.75) is 0 Å². The number of anilines is 1. The quantitative estimate of drug-likeness (QED) is 0.877. The molecule has 0 radical (unpaired) electrons. The van der Waals surface area contributed by atoms with Crippen LogP contribution < -0.4 is 10.6 Å². The Bertz CT molecular complexity index is 581. The molecule has 1 aliphatic rings. The third kappa shape index (κ3) is 4.26. The van der Waals surface area contributed by atoms with Crippen LogP contribution in [0.1, 0.15) is 0 Å². The molecule has 112 valence electrons. The first kappa shape index (κ1) is 15.9. The van der Waals surface area contributed by atoms with E-state index >= 15 is 0 Å². The predicted octanol–water partition coefficient (Wildman–Crippen LogP) is 2.81. The predicted molar refractivity (Wildman–Crippen MR) is 83.1 cm³/mol. The van der Waals surface area contributed by atoms with Gasteiger partial charge in [-0.15, -0.1) is 0 Å². The Balaban J connectivity index is 1.78. The normalized spacial score (nSPS) is 14.5. The van der Waals surface area contributed by atoms with Gasteiger partial charge in [0.25, 0.3) is 5.24 Å². The smallest absolute Gasteiger partial charge is 0.319 e. The third-order valence-corrected chi connectivity index (χ3v) is 4.24. The lowest BCUT2D eigenvalue weighted by Gasteiger charge is -2.13. The van der Waals surface area contributed by atoms with E-state index in [-0.39, 0.29) is 30.0 Å². The van der Waals surface area contributed by atoms with Gasteiger partial charge in [0.1, 0.15) is 0 Å². The third-order valence-electron chi connectivity index (χ3n) is 2.64. The van der Waals surface area contributed by atoms with Gasteiger partial charge in [-0.05, 0) is 18.2 Å². The molecule has 1 fully saturated rings. The summed E-state index contributed by atoms with van der Waals surface area (Å²) < 4.78 is 0. The summed E-state index contributed by atoms with van der Waals surface area (Å²) in [6.07, 6.45) is 0. The summed E-state index contributed by atoms with van der Waals surface area (Å²) in [7, 11) is 0. The van der Waals surface area contributed by atoms with Crippen LogP contribution in [0, 0.1) is 0 Å². The number of benzene rings is 1. The van der Waals surface area contributed by atoms with Gasteiger partial charge in [0.05, 0.1) is 15.8 Å². The van der Waals surface area contributed by atoms with Gasteiger partial charge in [0.15, 0.2) is 0 Å². The van der Waals surface area contributed by atoms with E-state index in [9.17, 15) is 14.4 Å². The number of carbonyl (C=O) groups is 3. The average molecular weight is 348 g/mol. The Kier molecular flexibility index (Phi) is 5.33. The van der Waals surface area contributed by atoms with Crippen LogP contribution in [0.2, 0.25) is 10.0 Å². The minimum absolute atomic E-state index is 0.152. The molecule has 21 heavy (non-hydrogen) atoms. The Morgan fingerprint density at radius 2 is 2.05 bits per heavy atom. The summed E-state index contributed by atoms with van der Waals surface area (Å²) in [4.78, 5) is 35.5. The van der Waals surface area contributed by atoms with Crippen LogP contribution in [0.3, 0.4) is 0 Å². The molecule has 0 aromatic heterocycles. The highest BCUT2D eigenvalue weighted by molar-refractivity contribution is 8.14. The SMILES string of the molecule is O=C(NCCN1C(=O)CSC1=O)Nc1ccc(Cl)c(Cl)c1. The number of imide groups is 1. The number of halogens is 2. The maximum Gasteiger partial charge on any atom is 0.319 e. The maximum atomic E-state index is 11.7. The van der Waals surface area contributed by atoms with Gasteiger partial charge in [-0.3, -0.25) is 14.5 Å². The van der Waals surface area contributed by atoms with Crippen molar-refractivity contribution in [3.8, 4) is 0 Å².